The summed E-state index contributed by atoms with van der Waals surface area (Å²) in [7, 11) is 0. The van der Waals surface area contributed by atoms with Crippen LogP contribution in [0.25, 0.3) is 22.0 Å². The van der Waals surface area contributed by atoms with Crippen molar-refractivity contribution in [2.45, 2.75) is 51.4 Å². The molecule has 1 heteroatoms. The topological polar surface area (TPSA) is 12.9 Å². The molecule has 1 saturated carbocycles. The second-order valence-electron chi connectivity index (χ2n) is 7.75. The van der Waals surface area contributed by atoms with Gasteiger partial charge in [-0.1, -0.05) is 29.3 Å². The first kappa shape index (κ1) is 14.2. The fraction of sp³-hybridized carbons (Fsp3) is 0.348. The van der Waals surface area contributed by atoms with Gasteiger partial charge in [-0.15, -0.1) is 0 Å². The lowest BCUT2D eigenvalue weighted by Gasteiger charge is -2.39. The molecule has 1 nitrogen and oxygen atoms in total. The summed E-state index contributed by atoms with van der Waals surface area (Å²) in [5, 5.41) is 2.78. The van der Waals surface area contributed by atoms with Crippen LogP contribution in [0.1, 0.15) is 59.8 Å². The lowest BCUT2D eigenvalue weighted by atomic mass is 9.66. The maximum Gasteiger partial charge on any atom is 0.0780 e. The molecule has 2 aromatic carbocycles. The third-order valence-electron chi connectivity index (χ3n) is 6.09. The number of pyridine rings is 1. The smallest absolute Gasteiger partial charge is 0.0780 e. The van der Waals surface area contributed by atoms with Crippen LogP contribution in [0.5, 0.6) is 0 Å². The number of hydrogen-bond donors (Lipinski definition) is 0. The first-order valence-corrected chi connectivity index (χ1v) is 9.21. The van der Waals surface area contributed by atoms with Crippen molar-refractivity contribution >= 4 is 10.8 Å². The molecule has 0 amide bonds. The summed E-state index contributed by atoms with van der Waals surface area (Å²) >= 11 is 0. The van der Waals surface area contributed by atoms with E-state index in [0.29, 0.717) is 0 Å². The molecule has 0 N–H and O–H groups in total. The Bertz CT molecular complexity index is 925. The number of rotatable bonds is 1. The Hall–Kier alpha value is -2.15. The molecule has 6 rings (SSSR count). The molecule has 3 aromatic rings. The van der Waals surface area contributed by atoms with Gasteiger partial charge >= 0.3 is 0 Å². The summed E-state index contributed by atoms with van der Waals surface area (Å²) in [6.07, 6.45) is 7.53. The van der Waals surface area contributed by atoms with Crippen LogP contribution in [-0.4, -0.2) is 4.98 Å². The molecule has 0 atom stereocenters. The van der Waals surface area contributed by atoms with Crippen molar-refractivity contribution < 1.29 is 0 Å². The molecule has 2 bridgehead atoms. The van der Waals surface area contributed by atoms with Gasteiger partial charge in [0.05, 0.1) is 5.69 Å². The Balaban J connectivity index is 1.79. The average Bonchev–Trinajstić information content (AvgIpc) is 2.61. The minimum atomic E-state index is 0.767. The van der Waals surface area contributed by atoms with Gasteiger partial charge in [-0.2, -0.15) is 0 Å². The van der Waals surface area contributed by atoms with Gasteiger partial charge in [-0.3, -0.25) is 4.98 Å². The van der Waals surface area contributed by atoms with Gasteiger partial charge in [-0.05, 0) is 86.1 Å². The zero-order chi connectivity index (χ0) is 16.3. The zero-order valence-corrected chi connectivity index (χ0v) is 14.5. The number of hydrogen-bond acceptors (Lipinski definition) is 1. The van der Waals surface area contributed by atoms with Crippen LogP contribution in [0.3, 0.4) is 0 Å². The minimum absolute atomic E-state index is 0.767. The van der Waals surface area contributed by atoms with E-state index in [9.17, 15) is 0 Å². The van der Waals surface area contributed by atoms with Gasteiger partial charge in [0.25, 0.3) is 0 Å². The number of benzene rings is 2. The third-order valence-corrected chi connectivity index (χ3v) is 6.09. The van der Waals surface area contributed by atoms with Crippen LogP contribution >= 0.6 is 0 Å². The maximum absolute atomic E-state index is 4.77. The molecule has 0 spiro atoms. The number of aryl methyl sites for hydroxylation is 2. The molecule has 24 heavy (non-hydrogen) atoms. The SMILES string of the molecule is Cc1cc(C)cc(-c2nccc3c4c(ccc23)C2CCC4CC2)c1. The van der Waals surface area contributed by atoms with Crippen LogP contribution in [0.2, 0.25) is 0 Å². The van der Waals surface area contributed by atoms with Gasteiger partial charge in [-0.25, -0.2) is 0 Å². The molecule has 1 fully saturated rings. The largest absolute Gasteiger partial charge is 0.256 e. The molecule has 0 unspecified atom stereocenters. The first-order valence-electron chi connectivity index (χ1n) is 9.21. The summed E-state index contributed by atoms with van der Waals surface area (Å²) < 4.78 is 0. The molecule has 3 aliphatic carbocycles. The van der Waals surface area contributed by atoms with Crippen molar-refractivity contribution in [2.24, 2.45) is 0 Å². The number of nitrogens with zero attached hydrogens (tertiary/aromatic N) is 1. The third kappa shape index (κ3) is 2.04. The lowest BCUT2D eigenvalue weighted by molar-refractivity contribution is 0.361. The van der Waals surface area contributed by atoms with Gasteiger partial charge in [0, 0.05) is 17.1 Å². The fourth-order valence-electron chi connectivity index (χ4n) is 5.14. The predicted octanol–water partition coefficient (Wildman–Crippen LogP) is 6.27. The summed E-state index contributed by atoms with van der Waals surface area (Å²) in [5.74, 6) is 1.57. The highest BCUT2D eigenvalue weighted by molar-refractivity contribution is 5.97. The standard InChI is InChI=1S/C23H23N/c1-14-11-15(2)13-18(12-14)23-21-8-7-19-16-3-5-17(6-4-16)22(19)20(21)9-10-24-23/h7-13,16-17H,3-6H2,1-2H3. The van der Waals surface area contributed by atoms with E-state index in [1.807, 2.05) is 6.20 Å². The van der Waals surface area contributed by atoms with E-state index in [0.717, 1.165) is 17.5 Å². The molecule has 3 aliphatic rings. The molecule has 0 radical (unpaired) electrons. The van der Waals surface area contributed by atoms with Crippen molar-refractivity contribution in [3.05, 3.63) is 64.8 Å². The van der Waals surface area contributed by atoms with Crippen molar-refractivity contribution in [3.8, 4) is 11.3 Å². The highest BCUT2D eigenvalue weighted by Crippen LogP contribution is 2.51. The van der Waals surface area contributed by atoms with Gasteiger partial charge in [0.15, 0.2) is 0 Å². The molecule has 1 aromatic heterocycles. The van der Waals surface area contributed by atoms with Crippen LogP contribution in [0.15, 0.2) is 42.6 Å². The van der Waals surface area contributed by atoms with Crippen LogP contribution in [-0.2, 0) is 0 Å². The van der Waals surface area contributed by atoms with Crippen LogP contribution in [0.4, 0.5) is 0 Å². The quantitative estimate of drug-likeness (QED) is 0.515. The van der Waals surface area contributed by atoms with Gasteiger partial charge in [0.1, 0.15) is 0 Å². The normalized spacial score (nSPS) is 21.9. The fourth-order valence-corrected chi connectivity index (χ4v) is 5.14. The second-order valence-corrected chi connectivity index (χ2v) is 7.75. The van der Waals surface area contributed by atoms with E-state index in [-0.39, 0.29) is 0 Å². The van der Waals surface area contributed by atoms with Gasteiger partial charge in [0.2, 0.25) is 0 Å². The Morgan fingerprint density at radius 3 is 2.25 bits per heavy atom. The Morgan fingerprint density at radius 2 is 1.50 bits per heavy atom. The van der Waals surface area contributed by atoms with Crippen molar-refractivity contribution in [3.63, 3.8) is 0 Å². The van der Waals surface area contributed by atoms with Crippen LogP contribution in [0, 0.1) is 13.8 Å². The zero-order valence-electron chi connectivity index (χ0n) is 14.5. The molecule has 120 valence electrons. The molecular weight excluding hydrogens is 290 g/mol. The second kappa shape index (κ2) is 5.17. The highest BCUT2D eigenvalue weighted by atomic mass is 14.7. The lowest BCUT2D eigenvalue weighted by Crippen LogP contribution is -2.21. The van der Waals surface area contributed by atoms with E-state index in [2.05, 4.69) is 50.2 Å². The van der Waals surface area contributed by atoms with E-state index in [4.69, 9.17) is 4.98 Å². The molecule has 0 saturated heterocycles. The Kier molecular flexibility index (Phi) is 3.06. The van der Waals surface area contributed by atoms with Gasteiger partial charge < -0.3 is 0 Å². The van der Waals surface area contributed by atoms with Crippen molar-refractivity contribution in [2.75, 3.05) is 0 Å². The van der Waals surface area contributed by atoms with Crippen LogP contribution < -0.4 is 0 Å². The molecule has 0 aliphatic heterocycles. The molecule has 1 heterocycles. The van der Waals surface area contributed by atoms with E-state index in [1.54, 1.807) is 11.1 Å². The summed E-state index contributed by atoms with van der Waals surface area (Å²) in [5.41, 5.74) is 8.27. The van der Waals surface area contributed by atoms with E-state index < -0.39 is 0 Å². The minimum Gasteiger partial charge on any atom is -0.256 e. The predicted molar refractivity (Wildman–Crippen MR) is 101 cm³/mol. The average molecular weight is 313 g/mol. The van der Waals surface area contributed by atoms with E-state index in [1.165, 1.54) is 53.1 Å². The number of fused-ring (bicyclic) bond motifs is 3. The highest BCUT2D eigenvalue weighted by Gasteiger charge is 2.34. The van der Waals surface area contributed by atoms with Crippen molar-refractivity contribution in [1.29, 1.82) is 0 Å². The maximum atomic E-state index is 4.77. The summed E-state index contributed by atoms with van der Waals surface area (Å²) in [6.45, 7) is 4.34. The number of aromatic nitrogens is 1. The summed E-state index contributed by atoms with van der Waals surface area (Å²) in [4.78, 5) is 4.77. The van der Waals surface area contributed by atoms with E-state index >= 15 is 0 Å². The van der Waals surface area contributed by atoms with Crippen molar-refractivity contribution in [1.82, 2.24) is 4.98 Å². The monoisotopic (exact) mass is 313 g/mol. The Morgan fingerprint density at radius 1 is 0.792 bits per heavy atom. The summed E-state index contributed by atoms with van der Waals surface area (Å²) in [6, 6.07) is 13.7. The molecular formula is C23H23N. The first-order chi connectivity index (χ1) is 11.7. The Labute approximate surface area is 143 Å².